The molecule has 11 heteroatoms. The van der Waals surface area contributed by atoms with Crippen LogP contribution in [-0.4, -0.2) is 67.1 Å². The minimum atomic E-state index is -3.65. The van der Waals surface area contributed by atoms with E-state index in [-0.39, 0.29) is 21.7 Å². The van der Waals surface area contributed by atoms with Crippen LogP contribution in [0, 0.1) is 0 Å². The third-order valence-electron chi connectivity index (χ3n) is 5.72. The number of amides is 3. The Bertz CT molecular complexity index is 1230. The van der Waals surface area contributed by atoms with Crippen LogP contribution in [0.4, 0.5) is 5.69 Å². The van der Waals surface area contributed by atoms with Crippen molar-refractivity contribution in [3.8, 4) is 0 Å². The van der Waals surface area contributed by atoms with Crippen molar-refractivity contribution in [3.05, 3.63) is 59.7 Å². The second-order valence-corrected chi connectivity index (χ2v) is 9.93. The van der Waals surface area contributed by atoms with Crippen molar-refractivity contribution >= 4 is 39.4 Å². The molecule has 0 bridgehead atoms. The average Bonchev–Trinajstić information content (AvgIpc) is 3.46. The molecule has 2 heterocycles. The molecule has 1 atom stereocenters. The molecule has 0 aromatic heterocycles. The molecule has 0 unspecified atom stereocenters. The second-order valence-electron chi connectivity index (χ2n) is 8.00. The minimum Gasteiger partial charge on any atom is -0.454 e. The molecule has 0 radical (unpaired) electrons. The number of anilines is 1. The number of nitrogens with zero attached hydrogens (tertiary/aromatic N) is 2. The molecule has 2 aromatic rings. The van der Waals surface area contributed by atoms with Crippen LogP contribution in [0.3, 0.4) is 0 Å². The number of rotatable bonds is 7. The fraction of sp³-hybridized carbons (Fsp3) is 0.304. The van der Waals surface area contributed by atoms with E-state index in [9.17, 15) is 27.6 Å². The minimum absolute atomic E-state index is 0.0587. The van der Waals surface area contributed by atoms with E-state index in [1.54, 1.807) is 12.1 Å². The van der Waals surface area contributed by atoms with E-state index in [1.807, 2.05) is 0 Å². The molecule has 2 aliphatic rings. The van der Waals surface area contributed by atoms with Gasteiger partial charge in [-0.25, -0.2) is 13.2 Å². The van der Waals surface area contributed by atoms with Crippen LogP contribution < -0.4 is 5.32 Å². The molecule has 10 nitrogen and oxygen atoms in total. The van der Waals surface area contributed by atoms with Gasteiger partial charge in [0.25, 0.3) is 17.7 Å². The quantitative estimate of drug-likeness (QED) is 0.466. The van der Waals surface area contributed by atoms with Crippen molar-refractivity contribution in [2.24, 2.45) is 0 Å². The largest absolute Gasteiger partial charge is 0.454 e. The number of imide groups is 1. The van der Waals surface area contributed by atoms with Gasteiger partial charge in [-0.3, -0.25) is 19.3 Å². The van der Waals surface area contributed by atoms with E-state index in [1.165, 1.54) is 47.6 Å². The monoisotopic (exact) mass is 485 g/mol. The lowest BCUT2D eigenvalue weighted by Crippen LogP contribution is -2.44. The van der Waals surface area contributed by atoms with Crippen LogP contribution in [0.1, 0.15) is 40.5 Å². The fourth-order valence-corrected chi connectivity index (χ4v) is 5.49. The van der Waals surface area contributed by atoms with Gasteiger partial charge >= 0.3 is 5.97 Å². The molecule has 0 spiro atoms. The van der Waals surface area contributed by atoms with E-state index < -0.39 is 46.4 Å². The zero-order chi connectivity index (χ0) is 24.5. The van der Waals surface area contributed by atoms with E-state index in [4.69, 9.17) is 4.74 Å². The third-order valence-corrected chi connectivity index (χ3v) is 7.61. The molecule has 2 aliphatic heterocycles. The van der Waals surface area contributed by atoms with Crippen molar-refractivity contribution in [2.75, 3.05) is 25.0 Å². The highest BCUT2D eigenvalue weighted by Crippen LogP contribution is 2.25. The molecule has 0 aliphatic carbocycles. The van der Waals surface area contributed by atoms with Crippen molar-refractivity contribution in [1.29, 1.82) is 0 Å². The zero-order valence-electron chi connectivity index (χ0n) is 18.4. The van der Waals surface area contributed by atoms with Gasteiger partial charge in [-0.2, -0.15) is 4.31 Å². The smallest absolute Gasteiger partial charge is 0.329 e. The topological polar surface area (TPSA) is 130 Å². The van der Waals surface area contributed by atoms with Gasteiger partial charge in [-0.05, 0) is 50.1 Å². The Morgan fingerprint density at radius 3 is 2.24 bits per heavy atom. The highest BCUT2D eigenvalue weighted by Gasteiger charge is 2.41. The van der Waals surface area contributed by atoms with Gasteiger partial charge < -0.3 is 10.1 Å². The number of nitrogens with one attached hydrogen (secondary N) is 1. The number of carbonyl (C=O) groups is 4. The lowest BCUT2D eigenvalue weighted by molar-refractivity contribution is -0.150. The summed E-state index contributed by atoms with van der Waals surface area (Å²) in [5.74, 6) is -2.83. The maximum atomic E-state index is 12.7. The normalized spacial score (nSPS) is 16.9. The summed E-state index contributed by atoms with van der Waals surface area (Å²) < 4.78 is 31.8. The number of hydrogen-bond acceptors (Lipinski definition) is 7. The number of esters is 1. The van der Waals surface area contributed by atoms with Gasteiger partial charge in [0.15, 0.2) is 6.61 Å². The fourth-order valence-electron chi connectivity index (χ4n) is 3.93. The summed E-state index contributed by atoms with van der Waals surface area (Å²) in [7, 11) is -3.65. The van der Waals surface area contributed by atoms with E-state index in [2.05, 4.69) is 5.32 Å². The van der Waals surface area contributed by atoms with E-state index in [0.29, 0.717) is 13.1 Å². The molecule has 178 valence electrons. The lowest BCUT2D eigenvalue weighted by atomic mass is 10.1. The zero-order valence-corrected chi connectivity index (χ0v) is 19.2. The summed E-state index contributed by atoms with van der Waals surface area (Å²) in [6, 6.07) is 10.8. The van der Waals surface area contributed by atoms with Crippen LogP contribution in [0.15, 0.2) is 53.4 Å². The lowest BCUT2D eigenvalue weighted by Gasteiger charge is -2.20. The first kappa shape index (κ1) is 23.6. The molecule has 34 heavy (non-hydrogen) atoms. The molecular formula is C23H23N3O7S. The van der Waals surface area contributed by atoms with Crippen molar-refractivity contribution in [2.45, 2.75) is 30.7 Å². The Labute approximate surface area is 196 Å². The first-order valence-corrected chi connectivity index (χ1v) is 12.2. The highest BCUT2D eigenvalue weighted by molar-refractivity contribution is 7.89. The average molecular weight is 486 g/mol. The van der Waals surface area contributed by atoms with Crippen LogP contribution in [0.2, 0.25) is 0 Å². The Kier molecular flexibility index (Phi) is 6.49. The van der Waals surface area contributed by atoms with Crippen LogP contribution in [0.5, 0.6) is 0 Å². The predicted octanol–water partition coefficient (Wildman–Crippen LogP) is 1.64. The maximum absolute atomic E-state index is 12.7. The number of ether oxygens (including phenoxy) is 1. The Balaban J connectivity index is 1.35. The number of carbonyl (C=O) groups excluding carboxylic acids is 4. The SMILES string of the molecule is C[C@@H](C(=O)OCC(=O)Nc1cccc(S(=O)(=O)N2CCCC2)c1)N1C(=O)c2ccccc2C1=O. The van der Waals surface area contributed by atoms with E-state index in [0.717, 1.165) is 17.7 Å². The number of benzene rings is 2. The summed E-state index contributed by atoms with van der Waals surface area (Å²) in [5.41, 5.74) is 0.636. The van der Waals surface area contributed by atoms with E-state index >= 15 is 0 Å². The van der Waals surface area contributed by atoms with Gasteiger partial charge in [-0.1, -0.05) is 18.2 Å². The number of fused-ring (bicyclic) bond motifs is 1. The Morgan fingerprint density at radius 1 is 1.00 bits per heavy atom. The molecule has 1 N–H and O–H groups in total. The summed E-state index contributed by atoms with van der Waals surface area (Å²) in [6.45, 7) is 1.59. The van der Waals surface area contributed by atoms with Gasteiger partial charge in [0, 0.05) is 18.8 Å². The third kappa shape index (κ3) is 4.44. The first-order valence-electron chi connectivity index (χ1n) is 10.7. The highest BCUT2D eigenvalue weighted by atomic mass is 32.2. The summed E-state index contributed by atoms with van der Waals surface area (Å²) in [5, 5.41) is 2.49. The predicted molar refractivity (Wildman–Crippen MR) is 120 cm³/mol. The molecule has 2 aromatic carbocycles. The first-order chi connectivity index (χ1) is 16.2. The molecule has 3 amide bonds. The van der Waals surface area contributed by atoms with Crippen LogP contribution in [0.25, 0.3) is 0 Å². The number of hydrogen-bond donors (Lipinski definition) is 1. The van der Waals surface area contributed by atoms with Crippen molar-refractivity contribution in [3.63, 3.8) is 0 Å². The molecule has 1 fully saturated rings. The summed E-state index contributed by atoms with van der Waals surface area (Å²) in [6.07, 6.45) is 1.61. The molecule has 1 saturated heterocycles. The Hall–Kier alpha value is -3.57. The van der Waals surface area contributed by atoms with Crippen LogP contribution in [-0.2, 0) is 24.3 Å². The summed E-state index contributed by atoms with van der Waals surface area (Å²) in [4.78, 5) is 50.6. The Morgan fingerprint density at radius 2 is 1.62 bits per heavy atom. The van der Waals surface area contributed by atoms with Crippen molar-refractivity contribution < 1.29 is 32.3 Å². The standard InChI is InChI=1S/C23H23N3O7S/c1-15(26-21(28)18-9-2-3-10-19(18)22(26)29)23(30)33-14-20(27)24-16-7-6-8-17(13-16)34(31,32)25-11-4-5-12-25/h2-3,6-10,13,15H,4-5,11-12,14H2,1H3,(H,24,27)/t15-/m0/s1. The van der Waals surface area contributed by atoms with Crippen molar-refractivity contribution in [1.82, 2.24) is 9.21 Å². The van der Waals surface area contributed by atoms with Crippen LogP contribution >= 0.6 is 0 Å². The molecule has 0 saturated carbocycles. The number of sulfonamides is 1. The van der Waals surface area contributed by atoms with Gasteiger partial charge in [0.05, 0.1) is 16.0 Å². The summed E-state index contributed by atoms with van der Waals surface area (Å²) >= 11 is 0. The van der Waals surface area contributed by atoms with Gasteiger partial charge in [-0.15, -0.1) is 0 Å². The molecular weight excluding hydrogens is 462 g/mol. The molecule has 4 rings (SSSR count). The second kappa shape index (κ2) is 9.35. The van der Waals surface area contributed by atoms with Gasteiger partial charge in [0.2, 0.25) is 10.0 Å². The van der Waals surface area contributed by atoms with Gasteiger partial charge in [0.1, 0.15) is 6.04 Å². The maximum Gasteiger partial charge on any atom is 0.329 e.